The number of aliphatic hydroxyl groups is 1. The van der Waals surface area contributed by atoms with Gasteiger partial charge in [0, 0.05) is 6.61 Å². The van der Waals surface area contributed by atoms with Gasteiger partial charge in [0.15, 0.2) is 0 Å². The summed E-state index contributed by atoms with van der Waals surface area (Å²) < 4.78 is 5.12. The van der Waals surface area contributed by atoms with E-state index in [0.717, 1.165) is 16.9 Å². The molecule has 1 aromatic rings. The number of ether oxygens (including phenoxy) is 1. The first-order chi connectivity index (χ1) is 5.77. The first-order valence-corrected chi connectivity index (χ1v) is 4.02. The van der Waals surface area contributed by atoms with Crippen LogP contribution in [-0.4, -0.2) is 18.8 Å². The molecule has 0 aliphatic heterocycles. The van der Waals surface area contributed by atoms with E-state index in [1.54, 1.807) is 7.11 Å². The molecule has 0 saturated carbocycles. The summed E-state index contributed by atoms with van der Waals surface area (Å²) in [5.74, 6) is 0.900. The molecule has 0 amide bonds. The Morgan fingerprint density at radius 3 is 2.67 bits per heavy atom. The molecular formula is C10H14O2. The molecule has 0 aliphatic rings. The molecule has 0 saturated heterocycles. The van der Waals surface area contributed by atoms with Crippen LogP contribution in [0.2, 0.25) is 0 Å². The van der Waals surface area contributed by atoms with Crippen molar-refractivity contribution in [1.29, 1.82) is 0 Å². The molecule has 0 unspecified atom stereocenters. The van der Waals surface area contributed by atoms with E-state index in [2.05, 4.69) is 0 Å². The minimum absolute atomic E-state index is 0.200. The fourth-order valence-electron chi connectivity index (χ4n) is 1.23. The number of benzene rings is 1. The highest BCUT2D eigenvalue weighted by Crippen LogP contribution is 2.18. The van der Waals surface area contributed by atoms with Crippen LogP contribution in [0.4, 0.5) is 0 Å². The summed E-state index contributed by atoms with van der Waals surface area (Å²) in [6.45, 7) is 2.20. The van der Waals surface area contributed by atoms with Crippen molar-refractivity contribution >= 4 is 0 Å². The first kappa shape index (κ1) is 9.07. The Kier molecular flexibility index (Phi) is 3.11. The van der Waals surface area contributed by atoms with Crippen molar-refractivity contribution in [2.24, 2.45) is 0 Å². The maximum Gasteiger partial charge on any atom is 0.121 e. The van der Waals surface area contributed by atoms with Gasteiger partial charge < -0.3 is 9.84 Å². The minimum atomic E-state index is 0.200. The fourth-order valence-corrected chi connectivity index (χ4v) is 1.23. The lowest BCUT2D eigenvalue weighted by Gasteiger charge is -2.05. The number of methoxy groups -OCH3 is 1. The van der Waals surface area contributed by atoms with Gasteiger partial charge in [0.2, 0.25) is 0 Å². The summed E-state index contributed by atoms with van der Waals surface area (Å²) in [5, 5.41) is 8.71. The zero-order chi connectivity index (χ0) is 8.97. The van der Waals surface area contributed by atoms with Gasteiger partial charge in [-0.1, -0.05) is 12.1 Å². The lowest BCUT2D eigenvalue weighted by Crippen LogP contribution is -1.93. The van der Waals surface area contributed by atoms with E-state index in [4.69, 9.17) is 9.84 Å². The molecule has 0 fully saturated rings. The van der Waals surface area contributed by atoms with E-state index in [9.17, 15) is 0 Å². The summed E-state index contributed by atoms with van der Waals surface area (Å²) in [7, 11) is 1.66. The van der Waals surface area contributed by atoms with Crippen molar-refractivity contribution < 1.29 is 9.84 Å². The quantitative estimate of drug-likeness (QED) is 0.738. The topological polar surface area (TPSA) is 29.5 Å². The van der Waals surface area contributed by atoms with Gasteiger partial charge >= 0.3 is 0 Å². The normalized spacial score (nSPS) is 9.92. The van der Waals surface area contributed by atoms with Crippen molar-refractivity contribution in [3.05, 3.63) is 29.3 Å². The molecule has 0 heterocycles. The van der Waals surface area contributed by atoms with Gasteiger partial charge in [-0.15, -0.1) is 0 Å². The molecule has 1 aromatic carbocycles. The highest BCUT2D eigenvalue weighted by atomic mass is 16.5. The molecular weight excluding hydrogens is 152 g/mol. The summed E-state index contributed by atoms with van der Waals surface area (Å²) >= 11 is 0. The largest absolute Gasteiger partial charge is 0.496 e. The first-order valence-electron chi connectivity index (χ1n) is 4.02. The number of rotatable bonds is 3. The van der Waals surface area contributed by atoms with Crippen LogP contribution in [0, 0.1) is 6.92 Å². The van der Waals surface area contributed by atoms with E-state index in [0.29, 0.717) is 6.42 Å². The molecule has 66 valence electrons. The Bertz CT molecular complexity index is 256. The highest BCUT2D eigenvalue weighted by molar-refractivity contribution is 5.36. The maximum absolute atomic E-state index is 8.71. The molecule has 2 heteroatoms. The molecule has 0 aliphatic carbocycles. The van der Waals surface area contributed by atoms with Crippen LogP contribution in [0.1, 0.15) is 11.1 Å². The smallest absolute Gasteiger partial charge is 0.121 e. The second-order valence-electron chi connectivity index (χ2n) is 2.78. The van der Waals surface area contributed by atoms with Gasteiger partial charge in [0.05, 0.1) is 7.11 Å². The third-order valence-corrected chi connectivity index (χ3v) is 1.86. The van der Waals surface area contributed by atoms with Gasteiger partial charge in [-0.2, -0.15) is 0 Å². The Labute approximate surface area is 72.8 Å². The van der Waals surface area contributed by atoms with E-state index in [1.807, 2.05) is 25.1 Å². The minimum Gasteiger partial charge on any atom is -0.496 e. The summed E-state index contributed by atoms with van der Waals surface area (Å²) in [5.41, 5.74) is 2.26. The molecule has 1 rings (SSSR count). The standard InChI is InChI=1S/C10H14O2/c1-8-7-9(5-6-11)3-4-10(8)12-2/h3-4,7,11H,5-6H2,1-2H3. The molecule has 0 bridgehead atoms. The van der Waals surface area contributed by atoms with Crippen LogP contribution < -0.4 is 4.74 Å². The zero-order valence-electron chi connectivity index (χ0n) is 7.50. The molecule has 0 aromatic heterocycles. The third kappa shape index (κ3) is 1.98. The highest BCUT2D eigenvalue weighted by Gasteiger charge is 1.98. The van der Waals surface area contributed by atoms with E-state index in [-0.39, 0.29) is 6.61 Å². The van der Waals surface area contributed by atoms with Crippen molar-refractivity contribution in [2.45, 2.75) is 13.3 Å². The van der Waals surface area contributed by atoms with Crippen LogP contribution >= 0.6 is 0 Å². The van der Waals surface area contributed by atoms with E-state index in [1.165, 1.54) is 0 Å². The van der Waals surface area contributed by atoms with Gasteiger partial charge in [0.25, 0.3) is 0 Å². The fraction of sp³-hybridized carbons (Fsp3) is 0.400. The van der Waals surface area contributed by atoms with E-state index >= 15 is 0 Å². The Hall–Kier alpha value is -1.02. The van der Waals surface area contributed by atoms with Gasteiger partial charge in [0.1, 0.15) is 5.75 Å². The van der Waals surface area contributed by atoms with E-state index < -0.39 is 0 Å². The van der Waals surface area contributed by atoms with Gasteiger partial charge in [-0.3, -0.25) is 0 Å². The van der Waals surface area contributed by atoms with Crippen LogP contribution in [0.25, 0.3) is 0 Å². The van der Waals surface area contributed by atoms with Crippen molar-refractivity contribution in [2.75, 3.05) is 13.7 Å². The summed E-state index contributed by atoms with van der Waals surface area (Å²) in [6.07, 6.45) is 0.713. The average molecular weight is 166 g/mol. The number of hydrogen-bond acceptors (Lipinski definition) is 2. The second kappa shape index (κ2) is 4.12. The summed E-state index contributed by atoms with van der Waals surface area (Å²) in [4.78, 5) is 0. The third-order valence-electron chi connectivity index (χ3n) is 1.86. The average Bonchev–Trinajstić information content (AvgIpc) is 2.05. The van der Waals surface area contributed by atoms with Crippen molar-refractivity contribution in [3.8, 4) is 5.75 Å². The molecule has 12 heavy (non-hydrogen) atoms. The lowest BCUT2D eigenvalue weighted by atomic mass is 10.1. The SMILES string of the molecule is COc1ccc(CCO)cc1C. The number of hydrogen-bond donors (Lipinski definition) is 1. The molecule has 2 nitrogen and oxygen atoms in total. The van der Waals surface area contributed by atoms with Crippen LogP contribution in [-0.2, 0) is 6.42 Å². The van der Waals surface area contributed by atoms with Crippen LogP contribution in [0.15, 0.2) is 18.2 Å². The predicted octanol–water partition coefficient (Wildman–Crippen LogP) is 1.54. The van der Waals surface area contributed by atoms with Crippen molar-refractivity contribution in [1.82, 2.24) is 0 Å². The lowest BCUT2D eigenvalue weighted by molar-refractivity contribution is 0.299. The van der Waals surface area contributed by atoms with Crippen molar-refractivity contribution in [3.63, 3.8) is 0 Å². The second-order valence-corrected chi connectivity index (χ2v) is 2.78. The Morgan fingerprint density at radius 2 is 2.17 bits per heavy atom. The van der Waals surface area contributed by atoms with Gasteiger partial charge in [-0.25, -0.2) is 0 Å². The summed E-state index contributed by atoms with van der Waals surface area (Å²) in [6, 6.07) is 5.94. The Morgan fingerprint density at radius 1 is 1.42 bits per heavy atom. The monoisotopic (exact) mass is 166 g/mol. The number of aliphatic hydroxyl groups excluding tert-OH is 1. The molecule has 0 spiro atoms. The molecule has 0 atom stereocenters. The molecule has 0 radical (unpaired) electrons. The molecule has 1 N–H and O–H groups in total. The Balaban J connectivity index is 2.86. The van der Waals surface area contributed by atoms with Gasteiger partial charge in [-0.05, 0) is 30.5 Å². The predicted molar refractivity (Wildman–Crippen MR) is 48.5 cm³/mol. The van der Waals surface area contributed by atoms with Crippen LogP contribution in [0.5, 0.6) is 5.75 Å². The zero-order valence-corrected chi connectivity index (χ0v) is 7.50. The van der Waals surface area contributed by atoms with Crippen LogP contribution in [0.3, 0.4) is 0 Å². The maximum atomic E-state index is 8.71. The number of aryl methyl sites for hydroxylation is 1.